The highest BCUT2D eigenvalue weighted by atomic mass is 32.2. The van der Waals surface area contributed by atoms with E-state index < -0.39 is 27.7 Å². The highest BCUT2D eigenvalue weighted by Gasteiger charge is 2.17. The smallest absolute Gasteiger partial charge is 0.322 e. The van der Waals surface area contributed by atoms with Gasteiger partial charge in [0.15, 0.2) is 5.75 Å². The van der Waals surface area contributed by atoms with Gasteiger partial charge in [-0.1, -0.05) is 24.3 Å². The highest BCUT2D eigenvalue weighted by Crippen LogP contribution is 2.10. The van der Waals surface area contributed by atoms with Gasteiger partial charge in [0.1, 0.15) is 0 Å². The van der Waals surface area contributed by atoms with E-state index in [9.17, 15) is 18.0 Å². The number of rotatable bonds is 7. The number of sulfonamides is 1. The lowest BCUT2D eigenvalue weighted by Crippen LogP contribution is -2.30. The molecule has 0 amide bonds. The molecule has 0 aromatic heterocycles. The summed E-state index contributed by atoms with van der Waals surface area (Å²) in [7, 11) is -2.71. The summed E-state index contributed by atoms with van der Waals surface area (Å²) in [6.07, 6.45) is -0.200. The van der Waals surface area contributed by atoms with Crippen molar-refractivity contribution in [3.05, 3.63) is 35.4 Å². The van der Waals surface area contributed by atoms with Crippen molar-refractivity contribution >= 4 is 22.0 Å². The molecule has 0 saturated carbocycles. The standard InChI is InChI=1S/C12H15NO6S/c1-19-12(16)8-20(17,18)13-7-10-5-3-2-4-9(10)6-11(14)15/h2-5,13H,6-8H2,1H3,(H,14,15). The minimum Gasteiger partial charge on any atom is -0.481 e. The molecule has 1 aromatic rings. The maximum atomic E-state index is 11.6. The van der Waals surface area contributed by atoms with Gasteiger partial charge in [-0.2, -0.15) is 0 Å². The Morgan fingerprint density at radius 1 is 1.25 bits per heavy atom. The van der Waals surface area contributed by atoms with Gasteiger partial charge < -0.3 is 9.84 Å². The van der Waals surface area contributed by atoms with Crippen molar-refractivity contribution in [2.75, 3.05) is 12.9 Å². The SMILES string of the molecule is COC(=O)CS(=O)(=O)NCc1ccccc1CC(=O)O. The largest absolute Gasteiger partial charge is 0.481 e. The van der Waals surface area contributed by atoms with Crippen LogP contribution >= 0.6 is 0 Å². The number of carbonyl (C=O) groups excluding carboxylic acids is 1. The third-order valence-electron chi connectivity index (χ3n) is 2.48. The van der Waals surface area contributed by atoms with Gasteiger partial charge in [-0.3, -0.25) is 9.59 Å². The monoisotopic (exact) mass is 301 g/mol. The molecule has 0 heterocycles. The number of hydrogen-bond acceptors (Lipinski definition) is 5. The summed E-state index contributed by atoms with van der Waals surface area (Å²) in [6.45, 7) is -0.0806. The van der Waals surface area contributed by atoms with Crippen LogP contribution < -0.4 is 4.72 Å². The number of methoxy groups -OCH3 is 1. The van der Waals surface area contributed by atoms with Crippen LogP contribution in [0, 0.1) is 0 Å². The predicted octanol–water partition coefficient (Wildman–Crippen LogP) is -0.0939. The van der Waals surface area contributed by atoms with Crippen LogP contribution in [0.15, 0.2) is 24.3 Å². The van der Waals surface area contributed by atoms with E-state index in [0.29, 0.717) is 11.1 Å². The van der Waals surface area contributed by atoms with Crippen molar-refractivity contribution < 1.29 is 27.9 Å². The van der Waals surface area contributed by atoms with Crippen LogP contribution in [0.5, 0.6) is 0 Å². The van der Waals surface area contributed by atoms with E-state index in [-0.39, 0.29) is 13.0 Å². The first-order valence-electron chi connectivity index (χ1n) is 5.67. The summed E-state index contributed by atoms with van der Waals surface area (Å²) in [5.74, 6) is -2.64. The van der Waals surface area contributed by atoms with Gasteiger partial charge in [0, 0.05) is 6.54 Å². The zero-order valence-electron chi connectivity index (χ0n) is 10.8. The summed E-state index contributed by atoms with van der Waals surface area (Å²) < 4.78 is 29.7. The van der Waals surface area contributed by atoms with E-state index in [2.05, 4.69) is 9.46 Å². The first-order valence-corrected chi connectivity index (χ1v) is 7.32. The summed E-state index contributed by atoms with van der Waals surface area (Å²) >= 11 is 0. The molecule has 0 radical (unpaired) electrons. The van der Waals surface area contributed by atoms with Gasteiger partial charge in [-0.05, 0) is 11.1 Å². The summed E-state index contributed by atoms with van der Waals surface area (Å²) in [5, 5.41) is 8.77. The average Bonchev–Trinajstić information content (AvgIpc) is 2.36. The van der Waals surface area contributed by atoms with Crippen molar-refractivity contribution in [3.63, 3.8) is 0 Å². The molecule has 1 rings (SSSR count). The lowest BCUT2D eigenvalue weighted by molar-refractivity contribution is -0.138. The topological polar surface area (TPSA) is 110 Å². The number of esters is 1. The molecule has 0 aliphatic carbocycles. The minimum atomic E-state index is -3.81. The fourth-order valence-corrected chi connectivity index (χ4v) is 2.42. The lowest BCUT2D eigenvalue weighted by Gasteiger charge is -2.09. The molecule has 0 aliphatic rings. The average molecular weight is 301 g/mol. The third-order valence-corrected chi connectivity index (χ3v) is 3.68. The lowest BCUT2D eigenvalue weighted by atomic mass is 10.1. The molecule has 0 aliphatic heterocycles. The fraction of sp³-hybridized carbons (Fsp3) is 0.333. The van der Waals surface area contributed by atoms with Gasteiger partial charge >= 0.3 is 11.9 Å². The third kappa shape index (κ3) is 5.37. The second-order valence-electron chi connectivity index (χ2n) is 4.00. The molecule has 20 heavy (non-hydrogen) atoms. The minimum absolute atomic E-state index is 0.0806. The van der Waals surface area contributed by atoms with Crippen molar-refractivity contribution in [1.82, 2.24) is 4.72 Å². The molecule has 0 saturated heterocycles. The molecule has 7 nitrogen and oxygen atoms in total. The van der Waals surface area contributed by atoms with E-state index in [1.165, 1.54) is 0 Å². The van der Waals surface area contributed by atoms with E-state index >= 15 is 0 Å². The molecule has 0 fully saturated rings. The number of hydrogen-bond donors (Lipinski definition) is 2. The number of carboxylic acid groups (broad SMARTS) is 1. The van der Waals surface area contributed by atoms with Crippen LogP contribution in [0.3, 0.4) is 0 Å². The number of nitrogens with one attached hydrogen (secondary N) is 1. The normalized spacial score (nSPS) is 11.1. The quantitative estimate of drug-likeness (QED) is 0.681. The Morgan fingerprint density at radius 3 is 2.40 bits per heavy atom. The molecule has 1 aromatic carbocycles. The van der Waals surface area contributed by atoms with Crippen molar-refractivity contribution in [2.45, 2.75) is 13.0 Å². The molecule has 0 unspecified atom stereocenters. The van der Waals surface area contributed by atoms with Gasteiger partial charge in [0.2, 0.25) is 10.0 Å². The molecular formula is C12H15NO6S. The predicted molar refractivity (Wildman–Crippen MR) is 70.4 cm³/mol. The van der Waals surface area contributed by atoms with E-state index in [1.807, 2.05) is 0 Å². The highest BCUT2D eigenvalue weighted by molar-refractivity contribution is 7.90. The van der Waals surface area contributed by atoms with Gasteiger partial charge in [-0.15, -0.1) is 0 Å². The van der Waals surface area contributed by atoms with Crippen LogP contribution in [0.1, 0.15) is 11.1 Å². The molecule has 2 N–H and O–H groups in total. The zero-order chi connectivity index (χ0) is 15.2. The Morgan fingerprint density at radius 2 is 1.85 bits per heavy atom. The Hall–Kier alpha value is -1.93. The Balaban J connectivity index is 2.75. The van der Waals surface area contributed by atoms with Gasteiger partial charge in [0.25, 0.3) is 0 Å². The first-order chi connectivity index (χ1) is 9.34. The number of carboxylic acids is 1. The summed E-state index contributed by atoms with van der Waals surface area (Å²) in [4.78, 5) is 21.6. The van der Waals surface area contributed by atoms with Crippen molar-refractivity contribution in [1.29, 1.82) is 0 Å². The van der Waals surface area contributed by atoms with E-state index in [4.69, 9.17) is 5.11 Å². The molecule has 0 bridgehead atoms. The second kappa shape index (κ2) is 7.01. The number of aliphatic carboxylic acids is 1. The van der Waals surface area contributed by atoms with Crippen LogP contribution in [0.2, 0.25) is 0 Å². The Bertz CT molecular complexity index is 596. The van der Waals surface area contributed by atoms with E-state index in [1.54, 1.807) is 24.3 Å². The fourth-order valence-electron chi connectivity index (χ4n) is 1.52. The number of carbonyl (C=O) groups is 2. The van der Waals surface area contributed by atoms with Crippen LogP contribution in [0.4, 0.5) is 0 Å². The maximum Gasteiger partial charge on any atom is 0.322 e. The maximum absolute atomic E-state index is 11.6. The van der Waals surface area contributed by atoms with Crippen molar-refractivity contribution in [2.24, 2.45) is 0 Å². The summed E-state index contributed by atoms with van der Waals surface area (Å²) in [5.41, 5.74) is 1.06. The van der Waals surface area contributed by atoms with Gasteiger partial charge in [-0.25, -0.2) is 13.1 Å². The Kier molecular flexibility index (Phi) is 5.66. The van der Waals surface area contributed by atoms with Crippen molar-refractivity contribution in [3.8, 4) is 0 Å². The zero-order valence-corrected chi connectivity index (χ0v) is 11.6. The Labute approximate surface area is 116 Å². The molecule has 0 atom stereocenters. The molecule has 110 valence electrons. The molecular weight excluding hydrogens is 286 g/mol. The molecule has 0 spiro atoms. The summed E-state index contributed by atoms with van der Waals surface area (Å²) in [6, 6.07) is 6.58. The van der Waals surface area contributed by atoms with Crippen LogP contribution in [0.25, 0.3) is 0 Å². The van der Waals surface area contributed by atoms with Crippen LogP contribution in [-0.2, 0) is 37.3 Å². The second-order valence-corrected chi connectivity index (χ2v) is 5.80. The van der Waals surface area contributed by atoms with Crippen LogP contribution in [-0.4, -0.2) is 38.3 Å². The van der Waals surface area contributed by atoms with E-state index in [0.717, 1.165) is 7.11 Å². The first kappa shape index (κ1) is 16.1. The number of ether oxygens (including phenoxy) is 1. The molecule has 8 heteroatoms. The van der Waals surface area contributed by atoms with Gasteiger partial charge in [0.05, 0.1) is 13.5 Å². The number of benzene rings is 1.